The van der Waals surface area contributed by atoms with E-state index in [0.717, 1.165) is 16.7 Å². The highest BCUT2D eigenvalue weighted by molar-refractivity contribution is 7.91. The van der Waals surface area contributed by atoms with Crippen LogP contribution in [0.2, 0.25) is 5.02 Å². The standard InChI is InChI=1S/C34H36ClN7O7S2/c35-26-2-1-24-15-32(50-29(24)16-26)51(46,47)41-21-27(17-30(43)39-7-11-48-12-8-39)42(28(22-41)18-31(44)40-9-13-49-14-10-40)34(45)25-19-37-33(38-20-25)23-3-5-36-6-4-23/h1-6,15-16,19-20,27-28H,7-14,17-18,21-22H2. The lowest BCUT2D eigenvalue weighted by atomic mass is 9.99. The number of carbonyl (C=O) groups excluding carboxylic acids is 3. The van der Waals surface area contributed by atoms with Crippen LogP contribution in [0.4, 0.5) is 0 Å². The summed E-state index contributed by atoms with van der Waals surface area (Å²) in [5, 5.41) is 1.21. The van der Waals surface area contributed by atoms with Crippen molar-refractivity contribution in [3.63, 3.8) is 0 Å². The summed E-state index contributed by atoms with van der Waals surface area (Å²) in [5.41, 5.74) is 0.868. The minimum atomic E-state index is -4.12. The van der Waals surface area contributed by atoms with Crippen LogP contribution < -0.4 is 0 Å². The highest BCUT2D eigenvalue weighted by atomic mass is 35.5. The van der Waals surface area contributed by atoms with E-state index < -0.39 is 28.0 Å². The molecule has 51 heavy (non-hydrogen) atoms. The summed E-state index contributed by atoms with van der Waals surface area (Å²) in [7, 11) is -4.12. The molecule has 7 rings (SSSR count). The zero-order chi connectivity index (χ0) is 35.5. The largest absolute Gasteiger partial charge is 0.378 e. The molecule has 268 valence electrons. The second-order valence-electron chi connectivity index (χ2n) is 12.5. The molecule has 3 aliphatic heterocycles. The lowest BCUT2D eigenvalue weighted by molar-refractivity contribution is -0.138. The second kappa shape index (κ2) is 15.3. The number of piperazine rings is 1. The summed E-state index contributed by atoms with van der Waals surface area (Å²) >= 11 is 7.30. The van der Waals surface area contributed by atoms with Gasteiger partial charge in [0.25, 0.3) is 15.9 Å². The van der Waals surface area contributed by atoms with Crippen molar-refractivity contribution in [2.75, 3.05) is 65.7 Å². The van der Waals surface area contributed by atoms with Gasteiger partial charge in [0.05, 0.1) is 44.1 Å². The van der Waals surface area contributed by atoms with Gasteiger partial charge in [-0.25, -0.2) is 18.4 Å². The van der Waals surface area contributed by atoms with Gasteiger partial charge in [-0.2, -0.15) is 4.31 Å². The number of carbonyl (C=O) groups is 3. The minimum Gasteiger partial charge on any atom is -0.378 e. The molecule has 0 bridgehead atoms. The Hall–Kier alpha value is -4.06. The van der Waals surface area contributed by atoms with Crippen molar-refractivity contribution in [2.45, 2.75) is 29.1 Å². The van der Waals surface area contributed by atoms with Crippen LogP contribution in [0.15, 0.2) is 65.4 Å². The number of hydrogen-bond acceptors (Lipinski definition) is 11. The van der Waals surface area contributed by atoms with Gasteiger partial charge >= 0.3 is 0 Å². The molecule has 0 aliphatic carbocycles. The Kier molecular flexibility index (Phi) is 10.6. The Morgan fingerprint density at radius 3 is 1.96 bits per heavy atom. The third-order valence-electron chi connectivity index (χ3n) is 9.29. The number of thiophene rings is 1. The molecule has 1 aromatic carbocycles. The fraction of sp³-hybridized carbons (Fsp3) is 0.412. The Balaban J connectivity index is 1.25. The van der Waals surface area contributed by atoms with E-state index in [1.807, 2.05) is 0 Å². The van der Waals surface area contributed by atoms with Gasteiger partial charge in [0.1, 0.15) is 4.21 Å². The Bertz CT molecular complexity index is 1960. The number of ether oxygens (including phenoxy) is 2. The van der Waals surface area contributed by atoms with Crippen molar-refractivity contribution in [2.24, 2.45) is 0 Å². The average molecular weight is 754 g/mol. The van der Waals surface area contributed by atoms with E-state index >= 15 is 0 Å². The van der Waals surface area contributed by atoms with Crippen molar-refractivity contribution < 1.29 is 32.3 Å². The summed E-state index contributed by atoms with van der Waals surface area (Å²) in [6, 6.07) is 8.49. The van der Waals surface area contributed by atoms with Crippen LogP contribution in [0, 0.1) is 0 Å². The van der Waals surface area contributed by atoms with Crippen LogP contribution in [-0.4, -0.2) is 138 Å². The zero-order valence-corrected chi connectivity index (χ0v) is 30.0. The Morgan fingerprint density at radius 1 is 0.824 bits per heavy atom. The van der Waals surface area contributed by atoms with Crippen molar-refractivity contribution in [3.05, 3.63) is 71.8 Å². The van der Waals surface area contributed by atoms with Crippen LogP contribution in [0.25, 0.3) is 21.5 Å². The number of hydrogen-bond donors (Lipinski definition) is 0. The molecule has 0 radical (unpaired) electrons. The second-order valence-corrected chi connectivity index (χ2v) is 16.2. The van der Waals surface area contributed by atoms with E-state index in [0.29, 0.717) is 73.7 Å². The summed E-state index contributed by atoms with van der Waals surface area (Å²) < 4.78 is 41.8. The van der Waals surface area contributed by atoms with Crippen LogP contribution in [0.5, 0.6) is 0 Å². The first-order chi connectivity index (χ1) is 24.7. The van der Waals surface area contributed by atoms with Crippen molar-refractivity contribution in [1.82, 2.24) is 34.0 Å². The smallest absolute Gasteiger partial charge is 0.257 e. The molecule has 3 fully saturated rings. The quantitative estimate of drug-likeness (QED) is 0.262. The van der Waals surface area contributed by atoms with Gasteiger partial charge in [-0.05, 0) is 35.7 Å². The van der Waals surface area contributed by atoms with E-state index in [1.54, 1.807) is 58.6 Å². The highest BCUT2D eigenvalue weighted by Crippen LogP contribution is 2.35. The number of benzene rings is 1. The molecule has 0 saturated carbocycles. The van der Waals surface area contributed by atoms with Gasteiger partial charge in [0, 0.05) is 92.2 Å². The molecule has 0 spiro atoms. The Labute approximate surface area is 304 Å². The molecular weight excluding hydrogens is 718 g/mol. The number of amides is 3. The number of sulfonamides is 1. The van der Waals surface area contributed by atoms with E-state index in [2.05, 4.69) is 15.0 Å². The molecule has 2 unspecified atom stereocenters. The zero-order valence-electron chi connectivity index (χ0n) is 27.6. The van der Waals surface area contributed by atoms with Gasteiger partial charge in [0.15, 0.2) is 5.82 Å². The van der Waals surface area contributed by atoms with Crippen LogP contribution in [0.1, 0.15) is 23.2 Å². The first kappa shape index (κ1) is 35.3. The number of aromatic nitrogens is 3. The molecule has 17 heteroatoms. The van der Waals surface area contributed by atoms with Gasteiger partial charge in [-0.1, -0.05) is 17.7 Å². The molecule has 2 atom stereocenters. The number of pyridine rings is 1. The topological polar surface area (TPSA) is 155 Å². The lowest BCUT2D eigenvalue weighted by Gasteiger charge is -2.46. The minimum absolute atomic E-state index is 0.108. The summed E-state index contributed by atoms with van der Waals surface area (Å²) in [6.07, 6.45) is 5.75. The highest BCUT2D eigenvalue weighted by Gasteiger charge is 2.45. The average Bonchev–Trinajstić information content (AvgIpc) is 3.60. The van der Waals surface area contributed by atoms with Crippen LogP contribution in [-0.2, 0) is 29.1 Å². The SMILES string of the molecule is O=C(CC1CN(S(=O)(=O)c2cc3ccc(Cl)cc3s2)CC(CC(=O)N2CCOCC2)N1C(=O)c1cnc(-c2ccncc2)nc1)N1CCOCC1. The first-order valence-electron chi connectivity index (χ1n) is 16.6. The van der Waals surface area contributed by atoms with Crippen molar-refractivity contribution >= 4 is 60.8 Å². The fourth-order valence-electron chi connectivity index (χ4n) is 6.63. The van der Waals surface area contributed by atoms with E-state index in [9.17, 15) is 22.8 Å². The van der Waals surface area contributed by atoms with Gasteiger partial charge in [-0.3, -0.25) is 19.4 Å². The maximum Gasteiger partial charge on any atom is 0.257 e. The van der Waals surface area contributed by atoms with Crippen molar-refractivity contribution in [3.8, 4) is 11.4 Å². The first-order valence-corrected chi connectivity index (χ1v) is 19.3. The van der Waals surface area contributed by atoms with Gasteiger partial charge in [0.2, 0.25) is 11.8 Å². The van der Waals surface area contributed by atoms with E-state index in [-0.39, 0.29) is 47.5 Å². The molecule has 0 N–H and O–H groups in total. The summed E-state index contributed by atoms with van der Waals surface area (Å²) in [5.74, 6) is -0.573. The third kappa shape index (κ3) is 7.76. The van der Waals surface area contributed by atoms with Gasteiger partial charge in [-0.15, -0.1) is 11.3 Å². The maximum absolute atomic E-state index is 14.5. The third-order valence-corrected chi connectivity index (χ3v) is 12.9. The molecule has 3 aliphatic rings. The Morgan fingerprint density at radius 2 is 1.39 bits per heavy atom. The number of fused-ring (bicyclic) bond motifs is 1. The number of rotatable bonds is 8. The van der Waals surface area contributed by atoms with Crippen molar-refractivity contribution in [1.29, 1.82) is 0 Å². The summed E-state index contributed by atoms with van der Waals surface area (Å²) in [6.45, 7) is 2.75. The molecule has 14 nitrogen and oxygen atoms in total. The van der Waals surface area contributed by atoms with Crippen LogP contribution >= 0.6 is 22.9 Å². The fourth-order valence-corrected chi connectivity index (χ4v) is 9.98. The molecular formula is C34H36ClN7O7S2. The predicted molar refractivity (Wildman–Crippen MR) is 189 cm³/mol. The maximum atomic E-state index is 14.5. The predicted octanol–water partition coefficient (Wildman–Crippen LogP) is 2.79. The monoisotopic (exact) mass is 753 g/mol. The number of halogens is 1. The van der Waals surface area contributed by atoms with Gasteiger partial charge < -0.3 is 24.2 Å². The van der Waals surface area contributed by atoms with E-state index in [1.165, 1.54) is 21.6 Å². The number of nitrogens with zero attached hydrogens (tertiary/aromatic N) is 7. The molecule has 4 aromatic rings. The van der Waals surface area contributed by atoms with Crippen LogP contribution in [0.3, 0.4) is 0 Å². The molecule has 3 amide bonds. The number of morpholine rings is 2. The normalized spacial score (nSPS) is 20.5. The molecule has 3 saturated heterocycles. The molecule has 3 aromatic heterocycles. The molecule has 6 heterocycles. The lowest BCUT2D eigenvalue weighted by Crippen LogP contribution is -2.63. The van der Waals surface area contributed by atoms with E-state index in [4.69, 9.17) is 21.1 Å². The summed E-state index contributed by atoms with van der Waals surface area (Å²) in [4.78, 5) is 59.8.